The summed E-state index contributed by atoms with van der Waals surface area (Å²) in [6.07, 6.45) is 68.7. The maximum absolute atomic E-state index is 12.8. The molecule has 0 N–H and O–H groups in total. The molecule has 0 saturated heterocycles. The number of carbonyl (C=O) groups excluding carboxylic acids is 2. The Labute approximate surface area is 399 Å². The molecule has 374 valence electrons. The van der Waals surface area contributed by atoms with Crippen LogP contribution in [0.5, 0.6) is 0 Å². The van der Waals surface area contributed by atoms with E-state index in [2.05, 4.69) is 63.3 Å². The predicted octanol–water partition coefficient (Wildman–Crippen LogP) is 19.1. The van der Waals surface area contributed by atoms with Crippen LogP contribution in [0, 0.1) is 0 Å². The Bertz CT molecular complexity index is 1060. The summed E-state index contributed by atoms with van der Waals surface area (Å²) in [6.45, 7) is 7.69. The van der Waals surface area contributed by atoms with Crippen molar-refractivity contribution in [2.24, 2.45) is 0 Å². The Kier molecular flexibility index (Phi) is 53.3. The van der Waals surface area contributed by atoms with Gasteiger partial charge in [-0.1, -0.05) is 281 Å². The van der Waals surface area contributed by atoms with Crippen LogP contribution in [-0.4, -0.2) is 37.9 Å². The third-order valence-corrected chi connectivity index (χ3v) is 12.4. The van der Waals surface area contributed by atoms with Crippen LogP contribution in [0.2, 0.25) is 0 Å². The Morgan fingerprint density at radius 2 is 0.703 bits per heavy atom. The van der Waals surface area contributed by atoms with Crippen LogP contribution in [0.1, 0.15) is 290 Å². The lowest BCUT2D eigenvalue weighted by Crippen LogP contribution is -2.30. The van der Waals surface area contributed by atoms with E-state index in [4.69, 9.17) is 14.2 Å². The number of carbonyl (C=O) groups is 2. The number of rotatable bonds is 52. The summed E-state index contributed by atoms with van der Waals surface area (Å²) in [5, 5.41) is 0. The van der Waals surface area contributed by atoms with Crippen molar-refractivity contribution in [2.45, 2.75) is 297 Å². The molecule has 0 radical (unpaired) electrons. The summed E-state index contributed by atoms with van der Waals surface area (Å²) in [5.74, 6) is -0.474. The van der Waals surface area contributed by atoms with E-state index in [1.807, 2.05) is 6.08 Å². The van der Waals surface area contributed by atoms with Gasteiger partial charge in [-0.2, -0.15) is 0 Å². The Morgan fingerprint density at radius 1 is 0.359 bits per heavy atom. The van der Waals surface area contributed by atoms with Crippen LogP contribution in [0.3, 0.4) is 0 Å². The first-order chi connectivity index (χ1) is 31.6. The third kappa shape index (κ3) is 52.5. The highest BCUT2D eigenvalue weighted by molar-refractivity contribution is 5.70. The van der Waals surface area contributed by atoms with Crippen LogP contribution in [0.4, 0.5) is 0 Å². The summed E-state index contributed by atoms with van der Waals surface area (Å²) in [6, 6.07) is 0. The van der Waals surface area contributed by atoms with Crippen LogP contribution >= 0.6 is 0 Å². The second kappa shape index (κ2) is 55.2. The number of allylic oxidation sites excluding steroid dienone is 8. The molecule has 5 nitrogen and oxygen atoms in total. The molecule has 1 atom stereocenters. The maximum Gasteiger partial charge on any atom is 0.306 e. The summed E-state index contributed by atoms with van der Waals surface area (Å²) < 4.78 is 17.4. The first-order valence-electron chi connectivity index (χ1n) is 28.2. The highest BCUT2D eigenvalue weighted by Crippen LogP contribution is 2.17. The summed E-state index contributed by atoms with van der Waals surface area (Å²) >= 11 is 0. The quantitative estimate of drug-likeness (QED) is 0.0346. The van der Waals surface area contributed by atoms with Gasteiger partial charge in [0.25, 0.3) is 0 Å². The Balaban J connectivity index is 4.24. The molecule has 0 spiro atoms. The van der Waals surface area contributed by atoms with Gasteiger partial charge in [0.2, 0.25) is 0 Å². The van der Waals surface area contributed by atoms with Crippen molar-refractivity contribution >= 4 is 11.9 Å². The molecule has 0 aromatic rings. The number of ether oxygens (including phenoxy) is 3. The zero-order valence-electron chi connectivity index (χ0n) is 43.1. The molecule has 0 aliphatic rings. The molecule has 0 rings (SSSR count). The van der Waals surface area contributed by atoms with Gasteiger partial charge in [-0.05, 0) is 44.9 Å². The predicted molar refractivity (Wildman–Crippen MR) is 279 cm³/mol. The van der Waals surface area contributed by atoms with Crippen molar-refractivity contribution in [1.82, 2.24) is 0 Å². The van der Waals surface area contributed by atoms with E-state index in [9.17, 15) is 9.59 Å². The SMILES string of the molecule is CC/C=C\C/C=C\C/C=C\C/C=C\CCC(=O)OC(COCCCCCCCCCCCCCCCCCCCCCC)COC(=O)CCCCCCCCCCCCCCCCC. The molecule has 0 amide bonds. The van der Waals surface area contributed by atoms with Gasteiger partial charge in [0, 0.05) is 19.4 Å². The van der Waals surface area contributed by atoms with Crippen molar-refractivity contribution < 1.29 is 23.8 Å². The molecule has 64 heavy (non-hydrogen) atoms. The zero-order chi connectivity index (χ0) is 46.3. The Hall–Kier alpha value is -2.14. The fourth-order valence-corrected chi connectivity index (χ4v) is 8.23. The van der Waals surface area contributed by atoms with E-state index < -0.39 is 6.10 Å². The van der Waals surface area contributed by atoms with Crippen LogP contribution in [-0.2, 0) is 23.8 Å². The summed E-state index contributed by atoms with van der Waals surface area (Å²) in [4.78, 5) is 25.4. The van der Waals surface area contributed by atoms with Gasteiger partial charge >= 0.3 is 11.9 Å². The second-order valence-corrected chi connectivity index (χ2v) is 18.8. The van der Waals surface area contributed by atoms with Gasteiger partial charge in [0.05, 0.1) is 6.61 Å². The van der Waals surface area contributed by atoms with Gasteiger partial charge in [-0.15, -0.1) is 0 Å². The molecular weight excluding hydrogens is 789 g/mol. The highest BCUT2D eigenvalue weighted by atomic mass is 16.6. The van der Waals surface area contributed by atoms with Crippen molar-refractivity contribution in [3.8, 4) is 0 Å². The van der Waals surface area contributed by atoms with Crippen molar-refractivity contribution in [2.75, 3.05) is 19.8 Å². The molecule has 0 saturated carbocycles. The fraction of sp³-hybridized carbons (Fsp3) is 0.831. The van der Waals surface area contributed by atoms with Gasteiger partial charge in [0.1, 0.15) is 6.61 Å². The van der Waals surface area contributed by atoms with Crippen molar-refractivity contribution in [1.29, 1.82) is 0 Å². The average Bonchev–Trinajstić information content (AvgIpc) is 3.30. The lowest BCUT2D eigenvalue weighted by atomic mass is 10.0. The van der Waals surface area contributed by atoms with Gasteiger partial charge in [0.15, 0.2) is 6.10 Å². The lowest BCUT2D eigenvalue weighted by Gasteiger charge is -2.18. The van der Waals surface area contributed by atoms with Crippen molar-refractivity contribution in [3.05, 3.63) is 48.6 Å². The van der Waals surface area contributed by atoms with E-state index in [0.29, 0.717) is 25.9 Å². The van der Waals surface area contributed by atoms with Crippen molar-refractivity contribution in [3.63, 3.8) is 0 Å². The minimum atomic E-state index is -0.569. The first kappa shape index (κ1) is 61.9. The number of hydrogen-bond acceptors (Lipinski definition) is 5. The molecule has 0 aliphatic heterocycles. The average molecular weight is 898 g/mol. The van der Waals surface area contributed by atoms with Crippen LogP contribution < -0.4 is 0 Å². The molecule has 0 bridgehead atoms. The maximum atomic E-state index is 12.8. The number of hydrogen-bond donors (Lipinski definition) is 0. The highest BCUT2D eigenvalue weighted by Gasteiger charge is 2.17. The topological polar surface area (TPSA) is 61.8 Å². The molecule has 0 aromatic heterocycles. The van der Waals surface area contributed by atoms with E-state index in [0.717, 1.165) is 51.4 Å². The molecule has 0 heterocycles. The molecule has 1 unspecified atom stereocenters. The smallest absolute Gasteiger partial charge is 0.306 e. The lowest BCUT2D eigenvalue weighted by molar-refractivity contribution is -0.162. The monoisotopic (exact) mass is 897 g/mol. The van der Waals surface area contributed by atoms with E-state index in [1.165, 1.54) is 199 Å². The fourth-order valence-electron chi connectivity index (χ4n) is 8.23. The minimum Gasteiger partial charge on any atom is -0.462 e. The van der Waals surface area contributed by atoms with Gasteiger partial charge in [-0.25, -0.2) is 0 Å². The zero-order valence-corrected chi connectivity index (χ0v) is 43.1. The normalized spacial score (nSPS) is 12.5. The third-order valence-electron chi connectivity index (χ3n) is 12.4. The summed E-state index contributed by atoms with van der Waals surface area (Å²) in [5.41, 5.74) is 0. The van der Waals surface area contributed by atoms with E-state index in [1.54, 1.807) is 0 Å². The minimum absolute atomic E-state index is 0.0620. The largest absolute Gasteiger partial charge is 0.462 e. The van der Waals surface area contributed by atoms with Crippen LogP contribution in [0.15, 0.2) is 48.6 Å². The van der Waals surface area contributed by atoms with Crippen LogP contribution in [0.25, 0.3) is 0 Å². The standard InChI is InChI=1S/C59H108O5/c1-4-7-10-13-16-19-22-25-27-28-29-30-31-33-36-39-42-45-48-51-54-62-55-57(64-59(61)53-50-47-44-41-38-34-24-21-18-15-12-9-6-3)56-63-58(60)52-49-46-43-40-37-35-32-26-23-20-17-14-11-8-5-2/h9,12,18,21,34,38,44,47,57H,4-8,10-11,13-17,19-20,22-33,35-37,39-43,45-46,48-56H2,1-3H3/b12-9-,21-18-,38-34-,47-44-. The molecular formula is C59H108O5. The number of esters is 2. The van der Waals surface area contributed by atoms with Gasteiger partial charge < -0.3 is 14.2 Å². The number of unbranched alkanes of at least 4 members (excludes halogenated alkanes) is 33. The second-order valence-electron chi connectivity index (χ2n) is 18.8. The molecule has 5 heteroatoms. The van der Waals surface area contributed by atoms with E-state index in [-0.39, 0.29) is 25.2 Å². The molecule has 0 fully saturated rings. The van der Waals surface area contributed by atoms with Gasteiger partial charge in [-0.3, -0.25) is 9.59 Å². The molecule has 0 aromatic carbocycles. The summed E-state index contributed by atoms with van der Waals surface area (Å²) in [7, 11) is 0. The van der Waals surface area contributed by atoms with E-state index >= 15 is 0 Å². The first-order valence-corrected chi connectivity index (χ1v) is 28.2. The molecule has 0 aliphatic carbocycles. The Morgan fingerprint density at radius 3 is 1.09 bits per heavy atom.